The summed E-state index contributed by atoms with van der Waals surface area (Å²) in [6.07, 6.45) is 1.36. The van der Waals surface area contributed by atoms with Crippen molar-refractivity contribution in [3.8, 4) is 5.75 Å². The Morgan fingerprint density at radius 1 is 1.43 bits per heavy atom. The van der Waals surface area contributed by atoms with Gasteiger partial charge in [0, 0.05) is 12.1 Å². The number of rotatable bonds is 6. The zero-order valence-electron chi connectivity index (χ0n) is 12.7. The van der Waals surface area contributed by atoms with E-state index < -0.39 is 22.7 Å². The number of nitrogens with one attached hydrogen (secondary N) is 1. The van der Waals surface area contributed by atoms with Gasteiger partial charge in [-0.1, -0.05) is 0 Å². The van der Waals surface area contributed by atoms with Crippen molar-refractivity contribution in [3.05, 3.63) is 33.9 Å². The van der Waals surface area contributed by atoms with Crippen LogP contribution in [-0.2, 0) is 4.79 Å². The largest absolute Gasteiger partial charge is 0.494 e. The van der Waals surface area contributed by atoms with Gasteiger partial charge in [0.2, 0.25) is 0 Å². The summed E-state index contributed by atoms with van der Waals surface area (Å²) in [5.41, 5.74) is -0.390. The van der Waals surface area contributed by atoms with E-state index in [1.54, 1.807) is 6.92 Å². The van der Waals surface area contributed by atoms with Gasteiger partial charge >= 0.3 is 5.97 Å². The van der Waals surface area contributed by atoms with Gasteiger partial charge in [0.15, 0.2) is 0 Å². The van der Waals surface area contributed by atoms with Crippen LogP contribution in [0.5, 0.6) is 5.75 Å². The molecule has 2 N–H and O–H groups in total. The molecule has 23 heavy (non-hydrogen) atoms. The summed E-state index contributed by atoms with van der Waals surface area (Å²) < 4.78 is 5.27. The first kappa shape index (κ1) is 16.7. The minimum atomic E-state index is -0.883. The highest BCUT2D eigenvalue weighted by Gasteiger charge is 2.32. The number of aliphatic carboxylic acids is 1. The molecule has 0 aromatic heterocycles. The second-order valence-electron chi connectivity index (χ2n) is 5.39. The Morgan fingerprint density at radius 3 is 2.74 bits per heavy atom. The number of carbonyl (C=O) groups is 2. The van der Waals surface area contributed by atoms with Gasteiger partial charge in [0.25, 0.3) is 11.6 Å². The first-order chi connectivity index (χ1) is 10.9. The van der Waals surface area contributed by atoms with Crippen molar-refractivity contribution in [2.24, 2.45) is 5.92 Å². The molecule has 1 saturated carbocycles. The lowest BCUT2D eigenvalue weighted by molar-refractivity contribution is -0.385. The first-order valence-electron chi connectivity index (χ1n) is 7.37. The third kappa shape index (κ3) is 3.97. The van der Waals surface area contributed by atoms with E-state index in [1.807, 2.05) is 0 Å². The normalized spacial score (nSPS) is 20.0. The van der Waals surface area contributed by atoms with Crippen LogP contribution < -0.4 is 10.1 Å². The van der Waals surface area contributed by atoms with Crippen LogP contribution in [0.3, 0.4) is 0 Å². The fourth-order valence-corrected chi connectivity index (χ4v) is 2.71. The number of nitro groups is 1. The monoisotopic (exact) mass is 322 g/mol. The van der Waals surface area contributed by atoms with E-state index in [9.17, 15) is 19.7 Å². The summed E-state index contributed by atoms with van der Waals surface area (Å²) in [6, 6.07) is 3.71. The summed E-state index contributed by atoms with van der Waals surface area (Å²) in [5, 5.41) is 22.7. The summed E-state index contributed by atoms with van der Waals surface area (Å²) >= 11 is 0. The molecule has 8 heteroatoms. The molecule has 8 nitrogen and oxygen atoms in total. The van der Waals surface area contributed by atoms with Gasteiger partial charge in [-0.05, 0) is 38.3 Å². The number of carboxylic acids is 1. The van der Waals surface area contributed by atoms with Gasteiger partial charge in [0.05, 0.1) is 17.4 Å². The predicted molar refractivity (Wildman–Crippen MR) is 80.5 cm³/mol. The number of hydrogen-bond donors (Lipinski definition) is 2. The number of carbonyl (C=O) groups excluding carboxylic acids is 1. The van der Waals surface area contributed by atoms with Crippen LogP contribution in [0, 0.1) is 16.0 Å². The van der Waals surface area contributed by atoms with Gasteiger partial charge < -0.3 is 15.2 Å². The Kier molecular flexibility index (Phi) is 5.15. The van der Waals surface area contributed by atoms with Gasteiger partial charge in [-0.15, -0.1) is 0 Å². The molecule has 1 aliphatic rings. The third-order valence-corrected chi connectivity index (χ3v) is 3.84. The van der Waals surface area contributed by atoms with Crippen molar-refractivity contribution in [1.29, 1.82) is 0 Å². The lowest BCUT2D eigenvalue weighted by atomic mass is 10.1. The van der Waals surface area contributed by atoms with Crippen molar-refractivity contribution in [2.75, 3.05) is 6.61 Å². The molecular formula is C15H18N2O6. The summed E-state index contributed by atoms with van der Waals surface area (Å²) in [5.74, 6) is -1.58. The van der Waals surface area contributed by atoms with E-state index in [0.29, 0.717) is 31.6 Å². The summed E-state index contributed by atoms with van der Waals surface area (Å²) in [4.78, 5) is 33.7. The van der Waals surface area contributed by atoms with Gasteiger partial charge in [-0.3, -0.25) is 19.7 Å². The molecule has 0 heterocycles. The number of nitro benzene ring substituents is 1. The van der Waals surface area contributed by atoms with E-state index in [0.717, 1.165) is 0 Å². The van der Waals surface area contributed by atoms with E-state index in [-0.39, 0.29) is 17.3 Å². The smallest absolute Gasteiger partial charge is 0.306 e. The number of carboxylic acid groups (broad SMARTS) is 1. The van der Waals surface area contributed by atoms with Crippen LogP contribution in [-0.4, -0.2) is 34.6 Å². The van der Waals surface area contributed by atoms with Crippen molar-refractivity contribution >= 4 is 17.6 Å². The Hall–Kier alpha value is -2.64. The average molecular weight is 322 g/mol. The highest BCUT2D eigenvalue weighted by Crippen LogP contribution is 2.28. The van der Waals surface area contributed by atoms with Crippen LogP contribution >= 0.6 is 0 Å². The average Bonchev–Trinajstić information content (AvgIpc) is 2.96. The fourth-order valence-electron chi connectivity index (χ4n) is 2.71. The zero-order valence-corrected chi connectivity index (χ0v) is 12.7. The molecule has 1 fully saturated rings. The lowest BCUT2D eigenvalue weighted by Gasteiger charge is -2.13. The number of nitrogens with zero attached hydrogens (tertiary/aromatic N) is 1. The minimum Gasteiger partial charge on any atom is -0.494 e. The van der Waals surface area contributed by atoms with Gasteiger partial charge in [-0.25, -0.2) is 0 Å². The minimum absolute atomic E-state index is 0.0836. The molecule has 1 aromatic rings. The lowest BCUT2D eigenvalue weighted by Crippen LogP contribution is -2.33. The van der Waals surface area contributed by atoms with Crippen molar-refractivity contribution < 1.29 is 24.4 Å². The van der Waals surface area contributed by atoms with Gasteiger partial charge in [-0.2, -0.15) is 0 Å². The quantitative estimate of drug-likeness (QED) is 0.610. The SMILES string of the molecule is CCOc1ccc([N+](=O)[O-])c(C(=O)N[C@@H]2CC[C@H](C(=O)O)C2)c1. The molecule has 2 atom stereocenters. The molecule has 0 spiro atoms. The molecule has 1 amide bonds. The zero-order chi connectivity index (χ0) is 17.0. The molecule has 0 saturated heterocycles. The molecule has 2 rings (SSSR count). The second kappa shape index (κ2) is 7.08. The molecule has 1 aliphatic carbocycles. The van der Waals surface area contributed by atoms with E-state index in [2.05, 4.69) is 5.32 Å². The van der Waals surface area contributed by atoms with E-state index in [1.165, 1.54) is 18.2 Å². The molecule has 1 aromatic carbocycles. The first-order valence-corrected chi connectivity index (χ1v) is 7.37. The molecule has 0 aliphatic heterocycles. The standard InChI is InChI=1S/C15H18N2O6/c1-2-23-11-5-6-13(17(21)22)12(8-11)14(18)16-10-4-3-9(7-10)15(19)20/h5-6,8-10H,2-4,7H2,1H3,(H,16,18)(H,19,20)/t9-,10+/m0/s1. The molecule has 0 unspecified atom stereocenters. The Morgan fingerprint density at radius 2 is 2.17 bits per heavy atom. The molecular weight excluding hydrogens is 304 g/mol. The molecule has 124 valence electrons. The molecule has 0 radical (unpaired) electrons. The topological polar surface area (TPSA) is 119 Å². The predicted octanol–water partition coefficient (Wildman–Crippen LogP) is 1.98. The van der Waals surface area contributed by atoms with Crippen molar-refractivity contribution in [3.63, 3.8) is 0 Å². The highest BCUT2D eigenvalue weighted by atomic mass is 16.6. The summed E-state index contributed by atoms with van der Waals surface area (Å²) in [6.45, 7) is 2.15. The van der Waals surface area contributed by atoms with Crippen LogP contribution in [0.25, 0.3) is 0 Å². The maximum Gasteiger partial charge on any atom is 0.306 e. The Bertz CT molecular complexity index is 630. The highest BCUT2D eigenvalue weighted by molar-refractivity contribution is 5.98. The van der Waals surface area contributed by atoms with E-state index in [4.69, 9.17) is 9.84 Å². The number of amides is 1. The number of benzene rings is 1. The van der Waals surface area contributed by atoms with Gasteiger partial charge in [0.1, 0.15) is 11.3 Å². The second-order valence-corrected chi connectivity index (χ2v) is 5.39. The van der Waals surface area contributed by atoms with Crippen molar-refractivity contribution in [2.45, 2.75) is 32.2 Å². The van der Waals surface area contributed by atoms with Crippen LogP contribution in [0.1, 0.15) is 36.5 Å². The van der Waals surface area contributed by atoms with Crippen LogP contribution in [0.15, 0.2) is 18.2 Å². The maximum absolute atomic E-state index is 12.3. The maximum atomic E-state index is 12.3. The fraction of sp³-hybridized carbons (Fsp3) is 0.467. The number of ether oxygens (including phenoxy) is 1. The third-order valence-electron chi connectivity index (χ3n) is 3.84. The summed E-state index contributed by atoms with van der Waals surface area (Å²) in [7, 11) is 0. The number of hydrogen-bond acceptors (Lipinski definition) is 5. The van der Waals surface area contributed by atoms with E-state index >= 15 is 0 Å². The van der Waals surface area contributed by atoms with Crippen LogP contribution in [0.2, 0.25) is 0 Å². The Labute approximate surface area is 132 Å². The Balaban J connectivity index is 2.16. The molecule has 0 bridgehead atoms. The van der Waals surface area contributed by atoms with Crippen LogP contribution in [0.4, 0.5) is 5.69 Å². The van der Waals surface area contributed by atoms with Crippen molar-refractivity contribution in [1.82, 2.24) is 5.32 Å².